The molecule has 1 N–H and O–H groups in total. The first-order valence-electron chi connectivity index (χ1n) is 4.69. The number of hydrogen-bond donors (Lipinski definition) is 1. The van der Waals surface area contributed by atoms with E-state index in [1.54, 1.807) is 6.07 Å². The summed E-state index contributed by atoms with van der Waals surface area (Å²) in [6.45, 7) is 0.0478. The summed E-state index contributed by atoms with van der Waals surface area (Å²) >= 11 is 5.53. The molecule has 2 aromatic rings. The van der Waals surface area contributed by atoms with Crippen LogP contribution in [-0.4, -0.2) is 0 Å². The number of hydrogen-bond acceptors (Lipinski definition) is 2. The average molecular weight is 262 g/mol. The van der Waals surface area contributed by atoms with Gasteiger partial charge in [0.1, 0.15) is 17.3 Å². The van der Waals surface area contributed by atoms with Crippen LogP contribution < -0.4 is 5.32 Å². The monoisotopic (exact) mass is 261 g/mol. The summed E-state index contributed by atoms with van der Waals surface area (Å²) in [4.78, 5) is 0. The van der Waals surface area contributed by atoms with E-state index in [1.807, 2.05) is 0 Å². The summed E-state index contributed by atoms with van der Waals surface area (Å²) in [6.07, 6.45) is 0. The summed E-state index contributed by atoms with van der Waals surface area (Å²) in [6, 6.07) is 4.27. The Morgan fingerprint density at radius 2 is 1.76 bits per heavy atom. The molecular formula is C11H7ClF3NO. The van der Waals surface area contributed by atoms with Gasteiger partial charge >= 0.3 is 0 Å². The average Bonchev–Trinajstić information content (AvgIpc) is 2.62. The van der Waals surface area contributed by atoms with Gasteiger partial charge in [0.15, 0.2) is 16.9 Å². The summed E-state index contributed by atoms with van der Waals surface area (Å²) in [5, 5.41) is 2.65. The molecule has 6 heteroatoms. The van der Waals surface area contributed by atoms with Crippen molar-refractivity contribution in [3.8, 4) is 0 Å². The molecule has 0 saturated carbocycles. The van der Waals surface area contributed by atoms with Crippen LogP contribution >= 0.6 is 11.6 Å². The molecule has 0 aliphatic heterocycles. The van der Waals surface area contributed by atoms with Crippen molar-refractivity contribution in [3.05, 3.63) is 52.7 Å². The first-order chi connectivity index (χ1) is 8.06. The van der Waals surface area contributed by atoms with Crippen LogP contribution in [-0.2, 0) is 6.54 Å². The first kappa shape index (κ1) is 11.9. The molecule has 0 radical (unpaired) electrons. The van der Waals surface area contributed by atoms with Gasteiger partial charge in [0.05, 0.1) is 6.54 Å². The lowest BCUT2D eigenvalue weighted by atomic mass is 10.2. The van der Waals surface area contributed by atoms with Crippen molar-refractivity contribution in [1.82, 2.24) is 0 Å². The highest BCUT2D eigenvalue weighted by Crippen LogP contribution is 2.21. The quantitative estimate of drug-likeness (QED) is 0.905. The van der Waals surface area contributed by atoms with E-state index in [4.69, 9.17) is 16.0 Å². The Labute approximate surface area is 100.0 Å². The molecule has 0 amide bonds. The minimum Gasteiger partial charge on any atom is -0.448 e. The van der Waals surface area contributed by atoms with Crippen LogP contribution in [0.4, 0.5) is 18.9 Å². The van der Waals surface area contributed by atoms with Gasteiger partial charge in [-0.1, -0.05) is 0 Å². The normalized spacial score (nSPS) is 10.6. The fourth-order valence-corrected chi connectivity index (χ4v) is 1.50. The van der Waals surface area contributed by atoms with Crippen LogP contribution in [0.25, 0.3) is 0 Å². The van der Waals surface area contributed by atoms with Crippen LogP contribution in [0, 0.1) is 17.5 Å². The zero-order valence-electron chi connectivity index (χ0n) is 8.44. The van der Waals surface area contributed by atoms with Crippen molar-refractivity contribution in [2.75, 3.05) is 5.32 Å². The molecule has 2 nitrogen and oxygen atoms in total. The van der Waals surface area contributed by atoms with Crippen molar-refractivity contribution < 1.29 is 17.6 Å². The second kappa shape index (κ2) is 4.71. The predicted octanol–water partition coefficient (Wildman–Crippen LogP) is 3.96. The summed E-state index contributed by atoms with van der Waals surface area (Å²) in [5.74, 6) is -2.55. The fourth-order valence-electron chi connectivity index (χ4n) is 1.33. The van der Waals surface area contributed by atoms with Crippen molar-refractivity contribution in [2.24, 2.45) is 0 Å². The molecule has 0 atom stereocenters. The molecule has 90 valence electrons. The van der Waals surface area contributed by atoms with E-state index < -0.39 is 23.1 Å². The second-order valence-corrected chi connectivity index (χ2v) is 3.68. The lowest BCUT2D eigenvalue weighted by molar-refractivity contribution is 0.515. The number of benzene rings is 1. The highest BCUT2D eigenvalue weighted by atomic mass is 35.5. The Kier molecular flexibility index (Phi) is 3.28. The van der Waals surface area contributed by atoms with Gasteiger partial charge in [-0.3, -0.25) is 0 Å². The zero-order valence-corrected chi connectivity index (χ0v) is 9.19. The molecule has 0 aliphatic carbocycles. The van der Waals surface area contributed by atoms with Gasteiger partial charge in [0, 0.05) is 12.1 Å². The highest BCUT2D eigenvalue weighted by molar-refractivity contribution is 6.28. The first-order valence-corrected chi connectivity index (χ1v) is 5.06. The third-order valence-corrected chi connectivity index (χ3v) is 2.28. The SMILES string of the molecule is Fc1cc(F)c(NCc2ccc(Cl)o2)c(F)c1. The Bertz CT molecular complexity index is 518. The molecule has 0 bridgehead atoms. The molecule has 1 aromatic heterocycles. The Morgan fingerprint density at radius 3 is 2.29 bits per heavy atom. The molecule has 1 aromatic carbocycles. The summed E-state index contributed by atoms with van der Waals surface area (Å²) < 4.78 is 44.1. The summed E-state index contributed by atoms with van der Waals surface area (Å²) in [7, 11) is 0. The van der Waals surface area contributed by atoms with Gasteiger partial charge < -0.3 is 9.73 Å². The molecule has 0 aliphatic rings. The van der Waals surface area contributed by atoms with Gasteiger partial charge in [-0.25, -0.2) is 13.2 Å². The van der Waals surface area contributed by atoms with E-state index in [2.05, 4.69) is 5.32 Å². The number of furan rings is 1. The van der Waals surface area contributed by atoms with Gasteiger partial charge in [-0.2, -0.15) is 0 Å². The van der Waals surface area contributed by atoms with Crippen LogP contribution in [0.3, 0.4) is 0 Å². The highest BCUT2D eigenvalue weighted by Gasteiger charge is 2.11. The predicted molar refractivity (Wildman–Crippen MR) is 57.4 cm³/mol. The molecular weight excluding hydrogens is 255 g/mol. The molecule has 1 heterocycles. The molecule has 0 unspecified atom stereocenters. The van der Waals surface area contributed by atoms with Crippen molar-refractivity contribution in [1.29, 1.82) is 0 Å². The van der Waals surface area contributed by atoms with Gasteiger partial charge in [-0.15, -0.1) is 0 Å². The summed E-state index contributed by atoms with van der Waals surface area (Å²) in [5.41, 5.74) is -0.404. The molecule has 0 saturated heterocycles. The number of nitrogens with one attached hydrogen (secondary N) is 1. The lowest BCUT2D eigenvalue weighted by Crippen LogP contribution is -2.03. The van der Waals surface area contributed by atoms with Crippen LogP contribution in [0.2, 0.25) is 5.22 Å². The Morgan fingerprint density at radius 1 is 1.12 bits per heavy atom. The van der Waals surface area contributed by atoms with Gasteiger partial charge in [0.25, 0.3) is 0 Å². The van der Waals surface area contributed by atoms with E-state index in [9.17, 15) is 13.2 Å². The maximum absolute atomic E-state index is 13.2. The molecule has 17 heavy (non-hydrogen) atoms. The van der Waals surface area contributed by atoms with Gasteiger partial charge in [0.2, 0.25) is 0 Å². The Balaban J connectivity index is 2.14. The maximum Gasteiger partial charge on any atom is 0.193 e. The van der Waals surface area contributed by atoms with E-state index in [0.29, 0.717) is 17.9 Å². The van der Waals surface area contributed by atoms with Crippen LogP contribution in [0.5, 0.6) is 0 Å². The Hall–Kier alpha value is -1.62. The fraction of sp³-hybridized carbons (Fsp3) is 0.0909. The lowest BCUT2D eigenvalue weighted by Gasteiger charge is -2.07. The number of rotatable bonds is 3. The molecule has 2 rings (SSSR count). The largest absolute Gasteiger partial charge is 0.448 e. The minimum absolute atomic E-state index is 0.0478. The van der Waals surface area contributed by atoms with Crippen LogP contribution in [0.15, 0.2) is 28.7 Å². The molecule has 0 spiro atoms. The zero-order chi connectivity index (χ0) is 12.4. The third-order valence-electron chi connectivity index (χ3n) is 2.08. The van der Waals surface area contributed by atoms with Gasteiger partial charge in [-0.05, 0) is 23.7 Å². The van der Waals surface area contributed by atoms with Crippen molar-refractivity contribution in [3.63, 3.8) is 0 Å². The maximum atomic E-state index is 13.2. The number of halogens is 4. The standard InChI is InChI=1S/C11H7ClF3NO/c12-10-2-1-7(17-10)5-16-11-8(14)3-6(13)4-9(11)15/h1-4,16H,5H2. The minimum atomic E-state index is -1.000. The van der Waals surface area contributed by atoms with E-state index in [-0.39, 0.29) is 11.8 Å². The molecule has 0 fully saturated rings. The van der Waals surface area contributed by atoms with E-state index in [1.165, 1.54) is 6.07 Å². The van der Waals surface area contributed by atoms with Crippen molar-refractivity contribution in [2.45, 2.75) is 6.54 Å². The van der Waals surface area contributed by atoms with E-state index in [0.717, 1.165) is 0 Å². The second-order valence-electron chi connectivity index (χ2n) is 3.30. The smallest absolute Gasteiger partial charge is 0.193 e. The van der Waals surface area contributed by atoms with Crippen molar-refractivity contribution >= 4 is 17.3 Å². The van der Waals surface area contributed by atoms with E-state index >= 15 is 0 Å². The topological polar surface area (TPSA) is 25.2 Å². The number of anilines is 1. The third kappa shape index (κ3) is 2.74. The van der Waals surface area contributed by atoms with Crippen LogP contribution in [0.1, 0.15) is 5.76 Å².